The number of para-hydroxylation sites is 1. The van der Waals surface area contributed by atoms with E-state index < -0.39 is 20.7 Å². The summed E-state index contributed by atoms with van der Waals surface area (Å²) in [5.41, 5.74) is 0.890. The monoisotopic (exact) mass is 377 g/mol. The van der Waals surface area contributed by atoms with Crippen LogP contribution in [0.3, 0.4) is 0 Å². The predicted octanol–water partition coefficient (Wildman–Crippen LogP) is 2.49. The molecule has 0 aliphatic rings. The maximum atomic E-state index is 13.0. The van der Waals surface area contributed by atoms with E-state index in [2.05, 4.69) is 0 Å². The Morgan fingerprint density at radius 2 is 1.58 bits per heavy atom. The third-order valence-corrected chi connectivity index (χ3v) is 5.69. The quantitative estimate of drug-likeness (QED) is 0.495. The van der Waals surface area contributed by atoms with Crippen molar-refractivity contribution >= 4 is 15.7 Å². The lowest BCUT2D eigenvalue weighted by molar-refractivity contribution is -0.385. The number of benzene rings is 2. The molecule has 2 aromatic carbocycles. The van der Waals surface area contributed by atoms with Crippen LogP contribution in [0, 0.1) is 10.1 Å². The third-order valence-electron chi connectivity index (χ3n) is 3.92. The van der Waals surface area contributed by atoms with Gasteiger partial charge in [0.15, 0.2) is 0 Å². The van der Waals surface area contributed by atoms with Gasteiger partial charge in [-0.2, -0.15) is 4.31 Å². The molecular weight excluding hydrogens is 354 g/mol. The van der Waals surface area contributed by atoms with Crippen molar-refractivity contribution in [1.29, 1.82) is 0 Å². The van der Waals surface area contributed by atoms with E-state index >= 15 is 0 Å². The van der Waals surface area contributed by atoms with Crippen molar-refractivity contribution in [2.24, 2.45) is 0 Å². The number of nitrogens with zero attached hydrogens (tertiary/aromatic N) is 3. The van der Waals surface area contributed by atoms with Crippen LogP contribution < -0.4 is 0 Å². The van der Waals surface area contributed by atoms with Crippen molar-refractivity contribution < 1.29 is 13.3 Å². The van der Waals surface area contributed by atoms with Crippen LogP contribution >= 0.6 is 0 Å². The van der Waals surface area contributed by atoms with E-state index in [-0.39, 0.29) is 17.8 Å². The van der Waals surface area contributed by atoms with Crippen molar-refractivity contribution in [3.63, 3.8) is 0 Å². The molecule has 2 rings (SSSR count). The Morgan fingerprint density at radius 1 is 0.962 bits per heavy atom. The lowest BCUT2D eigenvalue weighted by atomic mass is 10.2. The summed E-state index contributed by atoms with van der Waals surface area (Å²) in [6, 6.07) is 15.3. The zero-order chi connectivity index (χ0) is 19.2. The Bertz CT molecular complexity index is 839. The molecule has 7 nitrogen and oxygen atoms in total. The van der Waals surface area contributed by atoms with Gasteiger partial charge in [0.05, 0.1) is 10.7 Å². The Balaban J connectivity index is 2.28. The minimum atomic E-state index is -3.72. The average molecular weight is 377 g/mol. The van der Waals surface area contributed by atoms with Crippen molar-refractivity contribution in [1.82, 2.24) is 9.21 Å². The van der Waals surface area contributed by atoms with Crippen LogP contribution in [0.1, 0.15) is 11.1 Å². The van der Waals surface area contributed by atoms with E-state index in [1.54, 1.807) is 6.07 Å². The summed E-state index contributed by atoms with van der Waals surface area (Å²) < 4.78 is 27.3. The molecule has 0 radical (unpaired) electrons. The highest BCUT2D eigenvalue weighted by Crippen LogP contribution is 2.22. The minimum absolute atomic E-state index is 0.177. The standard InChI is InChI=1S/C18H23N3O4S/c1-19(2)12-13-20(14-16-8-4-3-5-9-16)26(24,25)15-17-10-6-7-11-18(17)21(22)23/h3-11H,12-15H2,1-2H3. The summed E-state index contributed by atoms with van der Waals surface area (Å²) in [6.45, 7) is 1.10. The van der Waals surface area contributed by atoms with Crippen molar-refractivity contribution in [3.8, 4) is 0 Å². The molecule has 0 aliphatic carbocycles. The van der Waals surface area contributed by atoms with Gasteiger partial charge >= 0.3 is 0 Å². The number of rotatable bonds is 9. The summed E-state index contributed by atoms with van der Waals surface area (Å²) in [4.78, 5) is 12.5. The molecule has 0 aliphatic heterocycles. The van der Waals surface area contributed by atoms with Gasteiger partial charge in [-0.05, 0) is 19.7 Å². The number of hydrogen-bond donors (Lipinski definition) is 0. The number of sulfonamides is 1. The molecule has 0 amide bonds. The number of nitro benzene ring substituents is 1. The van der Waals surface area contributed by atoms with Crippen LogP contribution in [0.4, 0.5) is 5.69 Å². The van der Waals surface area contributed by atoms with Gasteiger partial charge in [-0.1, -0.05) is 48.5 Å². The van der Waals surface area contributed by atoms with E-state index in [9.17, 15) is 18.5 Å². The number of hydrogen-bond acceptors (Lipinski definition) is 5. The Labute approximate surface area is 154 Å². The molecule has 0 fully saturated rings. The second-order valence-corrected chi connectivity index (χ2v) is 8.23. The molecule has 0 atom stereocenters. The molecule has 0 unspecified atom stereocenters. The fourth-order valence-electron chi connectivity index (χ4n) is 2.51. The summed E-state index contributed by atoms with van der Waals surface area (Å²) >= 11 is 0. The highest BCUT2D eigenvalue weighted by atomic mass is 32.2. The first kappa shape index (κ1) is 20.0. The van der Waals surface area contributed by atoms with Gasteiger partial charge < -0.3 is 4.90 Å². The molecule has 0 N–H and O–H groups in total. The smallest absolute Gasteiger partial charge is 0.273 e. The lowest BCUT2D eigenvalue weighted by Crippen LogP contribution is -2.37. The lowest BCUT2D eigenvalue weighted by Gasteiger charge is -2.24. The fraction of sp³-hybridized carbons (Fsp3) is 0.333. The zero-order valence-electron chi connectivity index (χ0n) is 14.9. The first-order chi connectivity index (χ1) is 12.3. The minimum Gasteiger partial charge on any atom is -0.308 e. The van der Waals surface area contributed by atoms with Gasteiger partial charge in [0.25, 0.3) is 5.69 Å². The topological polar surface area (TPSA) is 83.8 Å². The van der Waals surface area contributed by atoms with Crippen molar-refractivity contribution in [3.05, 3.63) is 75.8 Å². The molecule has 0 bridgehead atoms. The maximum Gasteiger partial charge on any atom is 0.273 e. The molecule has 0 saturated carbocycles. The number of nitro groups is 1. The molecule has 0 heterocycles. The van der Waals surface area contributed by atoms with Gasteiger partial charge in [0.2, 0.25) is 10.0 Å². The highest BCUT2D eigenvalue weighted by molar-refractivity contribution is 7.88. The van der Waals surface area contributed by atoms with E-state index in [0.717, 1.165) is 5.56 Å². The summed E-state index contributed by atoms with van der Waals surface area (Å²) in [6.07, 6.45) is 0. The van der Waals surface area contributed by atoms with Crippen LogP contribution in [0.25, 0.3) is 0 Å². The molecular formula is C18H23N3O4S. The van der Waals surface area contributed by atoms with Gasteiger partial charge in [-0.25, -0.2) is 8.42 Å². The van der Waals surface area contributed by atoms with Crippen LogP contribution in [-0.2, 0) is 22.3 Å². The molecule has 2 aromatic rings. The van der Waals surface area contributed by atoms with Crippen LogP contribution in [0.15, 0.2) is 54.6 Å². The summed E-state index contributed by atoms with van der Waals surface area (Å²) in [7, 11) is 0.0177. The van der Waals surface area contributed by atoms with Crippen molar-refractivity contribution in [2.45, 2.75) is 12.3 Å². The zero-order valence-corrected chi connectivity index (χ0v) is 15.7. The van der Waals surface area contributed by atoms with Gasteiger partial charge in [-0.3, -0.25) is 10.1 Å². The maximum absolute atomic E-state index is 13.0. The summed E-state index contributed by atoms with van der Waals surface area (Å²) in [5.74, 6) is -0.398. The van der Waals surface area contributed by atoms with Gasteiger partial charge in [0, 0.05) is 31.3 Å². The Morgan fingerprint density at radius 3 is 2.19 bits per heavy atom. The fourth-order valence-corrected chi connectivity index (χ4v) is 4.04. The molecule has 0 saturated heterocycles. The van der Waals surface area contributed by atoms with E-state index in [1.165, 1.54) is 22.5 Å². The second kappa shape index (κ2) is 8.88. The normalized spacial score (nSPS) is 11.8. The van der Waals surface area contributed by atoms with Gasteiger partial charge in [0.1, 0.15) is 0 Å². The summed E-state index contributed by atoms with van der Waals surface area (Å²) in [5, 5.41) is 11.2. The first-order valence-corrected chi connectivity index (χ1v) is 9.79. The van der Waals surface area contributed by atoms with E-state index in [1.807, 2.05) is 49.3 Å². The molecule has 26 heavy (non-hydrogen) atoms. The predicted molar refractivity (Wildman–Crippen MR) is 101 cm³/mol. The van der Waals surface area contributed by atoms with Crippen LogP contribution in [0.2, 0.25) is 0 Å². The third kappa shape index (κ3) is 5.62. The number of likely N-dealkylation sites (N-methyl/N-ethyl adjacent to an activating group) is 1. The first-order valence-electron chi connectivity index (χ1n) is 8.18. The molecule has 8 heteroatoms. The Hall–Kier alpha value is -2.29. The van der Waals surface area contributed by atoms with Crippen LogP contribution in [0.5, 0.6) is 0 Å². The van der Waals surface area contributed by atoms with E-state index in [4.69, 9.17) is 0 Å². The van der Waals surface area contributed by atoms with Crippen LogP contribution in [-0.4, -0.2) is 49.7 Å². The van der Waals surface area contributed by atoms with Gasteiger partial charge in [-0.15, -0.1) is 0 Å². The average Bonchev–Trinajstić information content (AvgIpc) is 2.59. The highest BCUT2D eigenvalue weighted by Gasteiger charge is 2.26. The molecule has 0 spiro atoms. The Kier molecular flexibility index (Phi) is 6.84. The molecule has 140 valence electrons. The van der Waals surface area contributed by atoms with Crippen molar-refractivity contribution in [2.75, 3.05) is 27.2 Å². The largest absolute Gasteiger partial charge is 0.308 e. The molecule has 0 aromatic heterocycles. The second-order valence-electron chi connectivity index (χ2n) is 6.26. The SMILES string of the molecule is CN(C)CCN(Cc1ccccc1)S(=O)(=O)Cc1ccccc1[N+](=O)[O-]. The van der Waals surface area contributed by atoms with E-state index in [0.29, 0.717) is 13.1 Å².